The Kier molecular flexibility index (Phi) is 6.46. The fourth-order valence-electron chi connectivity index (χ4n) is 3.46. The molecule has 2 amide bonds. The van der Waals surface area contributed by atoms with Crippen LogP contribution >= 0.6 is 0 Å². The molecule has 2 aromatic rings. The van der Waals surface area contributed by atoms with Gasteiger partial charge in [-0.1, -0.05) is 30.3 Å². The molecule has 0 fully saturated rings. The zero-order valence-corrected chi connectivity index (χ0v) is 16.9. The van der Waals surface area contributed by atoms with Crippen molar-refractivity contribution >= 4 is 11.8 Å². The first kappa shape index (κ1) is 20.1. The van der Waals surface area contributed by atoms with Gasteiger partial charge in [0.05, 0.1) is 5.69 Å². The van der Waals surface area contributed by atoms with Crippen LogP contribution in [0.25, 0.3) is 0 Å². The molecule has 0 unspecified atom stereocenters. The Labute approximate surface area is 166 Å². The third-order valence-electron chi connectivity index (χ3n) is 4.98. The molecule has 0 radical (unpaired) electrons. The Balaban J connectivity index is 1.79. The van der Waals surface area contributed by atoms with Gasteiger partial charge in [-0.25, -0.2) is 4.98 Å². The summed E-state index contributed by atoms with van der Waals surface area (Å²) in [6.07, 6.45) is 2.78. The maximum absolute atomic E-state index is 13.1. The monoisotopic (exact) mass is 383 g/mol. The first-order chi connectivity index (χ1) is 13.5. The van der Waals surface area contributed by atoms with Gasteiger partial charge in [0.1, 0.15) is 5.69 Å². The molecule has 0 saturated carbocycles. The molecule has 0 spiro atoms. The largest absolute Gasteiger partial charge is 0.349 e. The molecule has 0 saturated heterocycles. The van der Waals surface area contributed by atoms with Crippen LogP contribution in [0.2, 0.25) is 0 Å². The van der Waals surface area contributed by atoms with E-state index in [2.05, 4.69) is 10.3 Å². The van der Waals surface area contributed by atoms with Crippen LogP contribution in [0.1, 0.15) is 45.2 Å². The highest BCUT2D eigenvalue weighted by Crippen LogP contribution is 2.22. The number of fused-ring (bicyclic) bond motifs is 1. The first-order valence-corrected chi connectivity index (χ1v) is 9.79. The summed E-state index contributed by atoms with van der Waals surface area (Å²) in [5.41, 5.74) is 2.34. The van der Waals surface area contributed by atoms with Crippen molar-refractivity contribution < 1.29 is 9.59 Å². The van der Waals surface area contributed by atoms with Gasteiger partial charge in [0, 0.05) is 33.2 Å². The minimum Gasteiger partial charge on any atom is -0.349 e. The molecule has 2 heterocycles. The van der Waals surface area contributed by atoms with Crippen molar-refractivity contribution in [1.29, 1.82) is 0 Å². The Bertz CT molecular complexity index is 829. The summed E-state index contributed by atoms with van der Waals surface area (Å²) in [7, 11) is 5.70. The highest BCUT2D eigenvalue weighted by atomic mass is 16.2. The van der Waals surface area contributed by atoms with Gasteiger partial charge in [-0.05, 0) is 38.9 Å². The summed E-state index contributed by atoms with van der Waals surface area (Å²) in [5, 5.41) is 2.92. The summed E-state index contributed by atoms with van der Waals surface area (Å²) >= 11 is 0. The van der Waals surface area contributed by atoms with Gasteiger partial charge in [-0.15, -0.1) is 0 Å². The van der Waals surface area contributed by atoms with Crippen LogP contribution in [0.3, 0.4) is 0 Å². The minimum atomic E-state index is -0.197. The van der Waals surface area contributed by atoms with Crippen LogP contribution in [-0.2, 0) is 19.5 Å². The number of nitrogens with one attached hydrogen (secondary N) is 1. The second-order valence-electron chi connectivity index (χ2n) is 7.55. The van der Waals surface area contributed by atoms with E-state index in [4.69, 9.17) is 0 Å². The van der Waals surface area contributed by atoms with Gasteiger partial charge < -0.3 is 19.7 Å². The van der Waals surface area contributed by atoms with Crippen molar-refractivity contribution in [3.63, 3.8) is 0 Å². The van der Waals surface area contributed by atoms with Crippen LogP contribution in [-0.4, -0.2) is 65.4 Å². The quantitative estimate of drug-likeness (QED) is 0.791. The summed E-state index contributed by atoms with van der Waals surface area (Å²) in [5.74, 6) is 0.0162. The number of aromatic nitrogens is 2. The van der Waals surface area contributed by atoms with Gasteiger partial charge in [-0.2, -0.15) is 0 Å². The lowest BCUT2D eigenvalue weighted by Crippen LogP contribution is -2.32. The van der Waals surface area contributed by atoms with E-state index in [0.717, 1.165) is 43.6 Å². The lowest BCUT2D eigenvalue weighted by Gasteiger charge is -2.20. The predicted molar refractivity (Wildman–Crippen MR) is 108 cm³/mol. The van der Waals surface area contributed by atoms with E-state index in [9.17, 15) is 9.59 Å². The average Bonchev–Trinajstić information content (AvgIpc) is 3.07. The number of amides is 2. The van der Waals surface area contributed by atoms with Crippen LogP contribution in [0, 0.1) is 0 Å². The van der Waals surface area contributed by atoms with E-state index >= 15 is 0 Å². The van der Waals surface area contributed by atoms with Crippen molar-refractivity contribution in [3.05, 3.63) is 53.1 Å². The highest BCUT2D eigenvalue weighted by Gasteiger charge is 2.28. The second-order valence-corrected chi connectivity index (χ2v) is 7.55. The van der Waals surface area contributed by atoms with E-state index in [1.165, 1.54) is 0 Å². The Morgan fingerprint density at radius 3 is 2.61 bits per heavy atom. The average molecular weight is 383 g/mol. The summed E-state index contributed by atoms with van der Waals surface area (Å²) < 4.78 is 1.94. The Hall–Kier alpha value is -2.67. The number of hydrogen-bond donors (Lipinski definition) is 1. The number of hydrogen-bond acceptors (Lipinski definition) is 4. The van der Waals surface area contributed by atoms with Gasteiger partial charge in [0.2, 0.25) is 0 Å². The molecule has 1 aromatic heterocycles. The van der Waals surface area contributed by atoms with Crippen molar-refractivity contribution in [2.45, 2.75) is 32.4 Å². The number of rotatable bonds is 7. The molecule has 0 atom stereocenters. The number of likely N-dealkylation sites (N-methyl/N-ethyl adjacent to an activating group) is 1. The van der Waals surface area contributed by atoms with E-state index in [1.807, 2.05) is 53.9 Å². The minimum absolute atomic E-state index is 0.153. The first-order valence-electron chi connectivity index (χ1n) is 9.79. The summed E-state index contributed by atoms with van der Waals surface area (Å²) in [6, 6.07) is 9.86. The van der Waals surface area contributed by atoms with E-state index in [1.54, 1.807) is 11.9 Å². The predicted octanol–water partition coefficient (Wildman–Crippen LogP) is 1.78. The maximum Gasteiger partial charge on any atom is 0.289 e. The lowest BCUT2D eigenvalue weighted by atomic mass is 10.1. The molecule has 1 aliphatic rings. The Morgan fingerprint density at radius 1 is 1.14 bits per heavy atom. The Morgan fingerprint density at radius 2 is 1.89 bits per heavy atom. The van der Waals surface area contributed by atoms with E-state index in [-0.39, 0.29) is 11.8 Å². The molecule has 1 aliphatic heterocycles. The topological polar surface area (TPSA) is 70.5 Å². The van der Waals surface area contributed by atoms with Gasteiger partial charge in [0.25, 0.3) is 11.8 Å². The number of nitrogens with zero attached hydrogens (tertiary/aromatic N) is 4. The molecule has 150 valence electrons. The van der Waals surface area contributed by atoms with Crippen molar-refractivity contribution in [3.8, 4) is 0 Å². The zero-order chi connectivity index (χ0) is 20.1. The molecule has 7 heteroatoms. The third-order valence-corrected chi connectivity index (χ3v) is 4.98. The molecule has 1 aromatic carbocycles. The normalized spacial score (nSPS) is 13.3. The SMILES string of the molecule is CN(C)CCNC(=O)c1nc(C(=O)N(C)Cc2ccccc2)n2c1CCCC2. The molecule has 0 aliphatic carbocycles. The van der Waals surface area contributed by atoms with Gasteiger partial charge in [-0.3, -0.25) is 9.59 Å². The van der Waals surface area contributed by atoms with Gasteiger partial charge >= 0.3 is 0 Å². The third kappa shape index (κ3) is 4.59. The van der Waals surface area contributed by atoms with Crippen molar-refractivity contribution in [2.75, 3.05) is 34.2 Å². The molecule has 1 N–H and O–H groups in total. The molecule has 28 heavy (non-hydrogen) atoms. The lowest BCUT2D eigenvalue weighted by molar-refractivity contribution is 0.0766. The zero-order valence-electron chi connectivity index (χ0n) is 16.9. The summed E-state index contributed by atoms with van der Waals surface area (Å²) in [4.78, 5) is 33.9. The number of carbonyl (C=O) groups is 2. The second kappa shape index (κ2) is 9.01. The number of carbonyl (C=O) groups excluding carboxylic acids is 2. The van der Waals surface area contributed by atoms with E-state index < -0.39 is 0 Å². The van der Waals surface area contributed by atoms with E-state index in [0.29, 0.717) is 24.6 Å². The van der Waals surface area contributed by atoms with Crippen LogP contribution < -0.4 is 5.32 Å². The molecule has 0 bridgehead atoms. The number of imidazole rings is 1. The molecule has 3 rings (SSSR count). The molecular formula is C21H29N5O2. The highest BCUT2D eigenvalue weighted by molar-refractivity contribution is 5.97. The van der Waals surface area contributed by atoms with Crippen molar-refractivity contribution in [1.82, 2.24) is 24.7 Å². The van der Waals surface area contributed by atoms with Gasteiger partial charge in [0.15, 0.2) is 5.82 Å². The summed E-state index contributed by atoms with van der Waals surface area (Å²) in [6.45, 7) is 2.54. The van der Waals surface area contributed by atoms with Crippen LogP contribution in [0.4, 0.5) is 0 Å². The maximum atomic E-state index is 13.1. The van der Waals surface area contributed by atoms with Crippen molar-refractivity contribution in [2.24, 2.45) is 0 Å². The van der Waals surface area contributed by atoms with Crippen LogP contribution in [0.15, 0.2) is 30.3 Å². The number of benzene rings is 1. The van der Waals surface area contributed by atoms with Crippen LogP contribution in [0.5, 0.6) is 0 Å². The standard InChI is InChI=1S/C21H29N5O2/c1-24(2)14-12-22-20(27)18-17-11-7-8-13-26(17)19(23-18)21(28)25(3)15-16-9-5-4-6-10-16/h4-6,9-10H,7-8,11-15H2,1-3H3,(H,22,27). The molecular weight excluding hydrogens is 354 g/mol. The smallest absolute Gasteiger partial charge is 0.289 e. The fourth-order valence-corrected chi connectivity index (χ4v) is 3.46. The fraction of sp³-hybridized carbons (Fsp3) is 0.476. The molecule has 7 nitrogen and oxygen atoms in total.